The summed E-state index contributed by atoms with van der Waals surface area (Å²) in [6.07, 6.45) is 3.53. The summed E-state index contributed by atoms with van der Waals surface area (Å²) in [6.45, 7) is 0. The van der Waals surface area contributed by atoms with Crippen molar-refractivity contribution in [2.45, 2.75) is 12.3 Å². The Balaban J connectivity index is 1.50. The minimum atomic E-state index is -0.736. The van der Waals surface area contributed by atoms with Gasteiger partial charge in [-0.1, -0.05) is 47.7 Å². The number of thiazole rings is 1. The maximum Gasteiger partial charge on any atom is 0.234 e. The van der Waals surface area contributed by atoms with Crippen molar-refractivity contribution in [3.05, 3.63) is 72.3 Å². The number of carbonyl (C=O) groups is 2. The van der Waals surface area contributed by atoms with Gasteiger partial charge in [-0.15, -0.1) is 0 Å². The number of aromatic nitrogens is 3. The number of benzene rings is 2. The van der Waals surface area contributed by atoms with Crippen molar-refractivity contribution in [1.29, 1.82) is 0 Å². The molecule has 2 aromatic carbocycles. The van der Waals surface area contributed by atoms with Crippen molar-refractivity contribution in [2.75, 3.05) is 10.6 Å². The van der Waals surface area contributed by atoms with E-state index >= 15 is 0 Å². The van der Waals surface area contributed by atoms with Gasteiger partial charge in [0.25, 0.3) is 0 Å². The second-order valence-corrected chi connectivity index (χ2v) is 8.45. The fourth-order valence-corrected chi connectivity index (χ4v) is 4.79. The van der Waals surface area contributed by atoms with Crippen molar-refractivity contribution in [3.63, 3.8) is 0 Å². The van der Waals surface area contributed by atoms with Crippen molar-refractivity contribution >= 4 is 34.0 Å². The molecule has 5 rings (SSSR count). The summed E-state index contributed by atoms with van der Waals surface area (Å²) in [7, 11) is 1.89. The van der Waals surface area contributed by atoms with E-state index in [2.05, 4.69) is 20.6 Å². The number of anilines is 2. The lowest BCUT2D eigenvalue weighted by Gasteiger charge is -2.24. The van der Waals surface area contributed by atoms with Gasteiger partial charge in [-0.2, -0.15) is 0 Å². The Hall–Kier alpha value is -3.85. The van der Waals surface area contributed by atoms with Crippen LogP contribution < -0.4 is 10.6 Å². The maximum atomic E-state index is 13.6. The predicted octanol–water partition coefficient (Wildman–Crippen LogP) is 4.41. The number of amides is 2. The van der Waals surface area contributed by atoms with Crippen LogP contribution in [0.25, 0.3) is 22.0 Å². The molecule has 0 saturated heterocycles. The summed E-state index contributed by atoms with van der Waals surface area (Å²) in [5.41, 5.74) is 2.51. The van der Waals surface area contributed by atoms with E-state index in [-0.39, 0.29) is 18.2 Å². The Morgan fingerprint density at radius 3 is 2.81 bits per heavy atom. The fraction of sp³-hybridized carbons (Fsp3) is 0.130. The number of hydrogen-bond donors (Lipinski definition) is 2. The van der Waals surface area contributed by atoms with Crippen LogP contribution in [0.3, 0.4) is 0 Å². The first-order chi connectivity index (χ1) is 15.5. The van der Waals surface area contributed by atoms with Crippen LogP contribution in [-0.4, -0.2) is 26.3 Å². The van der Waals surface area contributed by atoms with Gasteiger partial charge in [-0.05, 0) is 17.7 Å². The Kier molecular flexibility index (Phi) is 5.02. The number of aryl methyl sites for hydroxylation is 1. The van der Waals surface area contributed by atoms with Crippen molar-refractivity contribution in [2.24, 2.45) is 7.05 Å². The molecule has 3 heterocycles. The largest absolute Gasteiger partial charge is 0.333 e. The lowest BCUT2D eigenvalue weighted by atomic mass is 9.90. The SMILES string of the molecule is Cn1ccnc1-c1sc(NC(=O)C2CC(=O)Nc3cc(F)ccc32)nc1-c1ccccc1. The fourth-order valence-electron chi connectivity index (χ4n) is 3.76. The number of carbonyl (C=O) groups excluding carboxylic acids is 2. The first-order valence-electron chi connectivity index (χ1n) is 9.93. The summed E-state index contributed by atoms with van der Waals surface area (Å²) >= 11 is 1.32. The predicted molar refractivity (Wildman–Crippen MR) is 121 cm³/mol. The third kappa shape index (κ3) is 3.67. The molecule has 0 radical (unpaired) electrons. The molecular formula is C23H18FN5O2S. The van der Waals surface area contributed by atoms with E-state index in [9.17, 15) is 14.0 Å². The van der Waals surface area contributed by atoms with E-state index in [1.165, 1.54) is 29.5 Å². The molecule has 0 fully saturated rings. The summed E-state index contributed by atoms with van der Waals surface area (Å²) < 4.78 is 15.5. The third-order valence-corrected chi connectivity index (χ3v) is 6.27. The maximum absolute atomic E-state index is 13.6. The first-order valence-corrected chi connectivity index (χ1v) is 10.8. The van der Waals surface area contributed by atoms with E-state index in [4.69, 9.17) is 0 Å². The molecule has 7 nitrogen and oxygen atoms in total. The molecule has 2 N–H and O–H groups in total. The Bertz CT molecular complexity index is 1330. The van der Waals surface area contributed by atoms with Crippen LogP contribution in [0.15, 0.2) is 60.9 Å². The third-order valence-electron chi connectivity index (χ3n) is 5.30. The second-order valence-electron chi connectivity index (χ2n) is 7.45. The zero-order valence-electron chi connectivity index (χ0n) is 17.0. The summed E-state index contributed by atoms with van der Waals surface area (Å²) in [6, 6.07) is 13.7. The second kappa shape index (κ2) is 8.01. The Morgan fingerprint density at radius 1 is 1.25 bits per heavy atom. The highest BCUT2D eigenvalue weighted by Gasteiger charge is 2.32. The Labute approximate surface area is 187 Å². The number of imidazole rings is 1. The molecule has 0 bridgehead atoms. The van der Waals surface area contributed by atoms with Crippen LogP contribution in [0, 0.1) is 5.82 Å². The van der Waals surface area contributed by atoms with Crippen LogP contribution in [0.5, 0.6) is 0 Å². The highest BCUT2D eigenvalue weighted by molar-refractivity contribution is 7.19. The van der Waals surface area contributed by atoms with E-state index < -0.39 is 11.7 Å². The molecule has 2 amide bonds. The lowest BCUT2D eigenvalue weighted by Crippen LogP contribution is -2.30. The summed E-state index contributed by atoms with van der Waals surface area (Å²) in [5.74, 6) is -1.18. The molecule has 1 aliphatic rings. The number of halogens is 1. The quantitative estimate of drug-likeness (QED) is 0.485. The average molecular weight is 447 g/mol. The molecule has 0 spiro atoms. The number of nitrogens with one attached hydrogen (secondary N) is 2. The molecule has 9 heteroatoms. The molecule has 160 valence electrons. The summed E-state index contributed by atoms with van der Waals surface area (Å²) in [5, 5.41) is 5.89. The zero-order valence-corrected chi connectivity index (χ0v) is 17.8. The standard InChI is InChI=1S/C23H18FN5O2S/c1-29-10-9-25-21(29)20-19(13-5-3-2-4-6-13)27-23(32-20)28-22(31)16-12-18(30)26-17-11-14(24)7-8-15(16)17/h2-11,16H,12H2,1H3,(H,26,30)(H,27,28,31). The normalized spacial score (nSPS) is 15.2. The molecule has 1 unspecified atom stereocenters. The van der Waals surface area contributed by atoms with Gasteiger partial charge in [0.1, 0.15) is 5.82 Å². The number of fused-ring (bicyclic) bond motifs is 1. The Morgan fingerprint density at radius 2 is 2.06 bits per heavy atom. The highest BCUT2D eigenvalue weighted by atomic mass is 32.1. The lowest BCUT2D eigenvalue weighted by molar-refractivity contribution is -0.123. The van der Waals surface area contributed by atoms with Gasteiger partial charge >= 0.3 is 0 Å². The van der Waals surface area contributed by atoms with Crippen LogP contribution in [-0.2, 0) is 16.6 Å². The number of nitrogens with zero attached hydrogens (tertiary/aromatic N) is 3. The van der Waals surface area contributed by atoms with E-state index in [0.29, 0.717) is 22.1 Å². The summed E-state index contributed by atoms with van der Waals surface area (Å²) in [4.78, 5) is 35.2. The van der Waals surface area contributed by atoms with Crippen LogP contribution in [0.4, 0.5) is 15.2 Å². The number of hydrogen-bond acceptors (Lipinski definition) is 5. The molecule has 32 heavy (non-hydrogen) atoms. The molecule has 2 aromatic heterocycles. The first kappa shape index (κ1) is 20.1. The minimum absolute atomic E-state index is 0.0202. The molecule has 4 aromatic rings. The van der Waals surface area contributed by atoms with E-state index in [1.54, 1.807) is 6.20 Å². The van der Waals surface area contributed by atoms with E-state index in [1.807, 2.05) is 48.1 Å². The zero-order chi connectivity index (χ0) is 22.2. The van der Waals surface area contributed by atoms with Crippen molar-refractivity contribution in [1.82, 2.24) is 14.5 Å². The van der Waals surface area contributed by atoms with Crippen LogP contribution in [0.1, 0.15) is 17.9 Å². The van der Waals surface area contributed by atoms with Gasteiger partial charge in [0.05, 0.1) is 16.5 Å². The monoisotopic (exact) mass is 447 g/mol. The van der Waals surface area contributed by atoms with Gasteiger partial charge in [0, 0.05) is 37.1 Å². The van der Waals surface area contributed by atoms with Crippen molar-refractivity contribution < 1.29 is 14.0 Å². The molecule has 1 aliphatic heterocycles. The van der Waals surface area contributed by atoms with Crippen molar-refractivity contribution in [3.8, 4) is 22.0 Å². The highest BCUT2D eigenvalue weighted by Crippen LogP contribution is 2.39. The van der Waals surface area contributed by atoms with Crippen LogP contribution in [0.2, 0.25) is 0 Å². The molecule has 1 atom stereocenters. The molecule has 0 aliphatic carbocycles. The van der Waals surface area contributed by atoms with Crippen LogP contribution >= 0.6 is 11.3 Å². The topological polar surface area (TPSA) is 88.9 Å². The van der Waals surface area contributed by atoms with Gasteiger partial charge in [-0.3, -0.25) is 9.59 Å². The van der Waals surface area contributed by atoms with E-state index in [0.717, 1.165) is 16.3 Å². The minimum Gasteiger partial charge on any atom is -0.333 e. The molecular weight excluding hydrogens is 429 g/mol. The van der Waals surface area contributed by atoms with Gasteiger partial charge < -0.3 is 15.2 Å². The average Bonchev–Trinajstić information content (AvgIpc) is 3.39. The van der Waals surface area contributed by atoms with Gasteiger partial charge in [0.2, 0.25) is 11.8 Å². The van der Waals surface area contributed by atoms with Gasteiger partial charge in [0.15, 0.2) is 11.0 Å². The number of rotatable bonds is 4. The smallest absolute Gasteiger partial charge is 0.234 e. The van der Waals surface area contributed by atoms with Gasteiger partial charge in [-0.25, -0.2) is 14.4 Å². The molecule has 0 saturated carbocycles.